The SMILES string of the molecule is O=C(c1cccc2ccccc12)N1CCCC(C(=O)N(Cc2ccccc2[N+](=O)[O-])CC(F)(F)F)C1. The summed E-state index contributed by atoms with van der Waals surface area (Å²) >= 11 is 0. The van der Waals surface area contributed by atoms with E-state index in [1.807, 2.05) is 30.3 Å². The number of nitro benzene ring substituents is 1. The lowest BCUT2D eigenvalue weighted by Crippen LogP contribution is -2.48. The average molecular weight is 499 g/mol. The molecule has 36 heavy (non-hydrogen) atoms. The van der Waals surface area contributed by atoms with Gasteiger partial charge in [-0.25, -0.2) is 0 Å². The molecule has 1 heterocycles. The van der Waals surface area contributed by atoms with Crippen LogP contribution >= 0.6 is 0 Å². The lowest BCUT2D eigenvalue weighted by Gasteiger charge is -2.35. The molecule has 1 aliphatic heterocycles. The fourth-order valence-corrected chi connectivity index (χ4v) is 4.66. The highest BCUT2D eigenvalue weighted by Gasteiger charge is 2.38. The molecular formula is C26H24F3N3O4. The summed E-state index contributed by atoms with van der Waals surface area (Å²) in [7, 11) is 0. The second-order valence-electron chi connectivity index (χ2n) is 8.81. The molecule has 10 heteroatoms. The smallest absolute Gasteiger partial charge is 0.338 e. The maximum absolute atomic E-state index is 13.4. The number of hydrogen-bond acceptors (Lipinski definition) is 4. The van der Waals surface area contributed by atoms with Crippen molar-refractivity contribution in [2.24, 2.45) is 5.92 Å². The average Bonchev–Trinajstić information content (AvgIpc) is 2.86. The molecule has 1 saturated heterocycles. The van der Waals surface area contributed by atoms with E-state index >= 15 is 0 Å². The minimum Gasteiger partial charge on any atom is -0.338 e. The number of carbonyl (C=O) groups is 2. The van der Waals surface area contributed by atoms with Crippen molar-refractivity contribution in [3.8, 4) is 0 Å². The standard InChI is InChI=1S/C26H24F3N3O4/c27-26(28,29)17-31(15-19-8-2-4-13-23(19)32(35)36)24(33)20-10-6-14-30(16-20)25(34)22-12-5-9-18-7-1-3-11-21(18)22/h1-5,7-9,11-13,20H,6,10,14-17H2. The van der Waals surface area contributed by atoms with Gasteiger partial charge in [0.15, 0.2) is 0 Å². The molecule has 1 atom stereocenters. The summed E-state index contributed by atoms with van der Waals surface area (Å²) in [6, 6.07) is 18.1. The van der Waals surface area contributed by atoms with Crippen LogP contribution in [0, 0.1) is 16.0 Å². The number of carbonyl (C=O) groups excluding carboxylic acids is 2. The van der Waals surface area contributed by atoms with Crippen molar-refractivity contribution in [1.29, 1.82) is 0 Å². The van der Waals surface area contributed by atoms with Gasteiger partial charge in [0, 0.05) is 30.3 Å². The number of piperidine rings is 1. The molecule has 1 fully saturated rings. The first-order chi connectivity index (χ1) is 17.1. The number of halogens is 3. The van der Waals surface area contributed by atoms with Crippen LogP contribution in [0.2, 0.25) is 0 Å². The van der Waals surface area contributed by atoms with Crippen LogP contribution in [0.15, 0.2) is 66.7 Å². The van der Waals surface area contributed by atoms with Crippen molar-refractivity contribution in [2.75, 3.05) is 19.6 Å². The number of alkyl halides is 3. The second kappa shape index (κ2) is 10.3. The van der Waals surface area contributed by atoms with E-state index in [2.05, 4.69) is 0 Å². The molecule has 0 N–H and O–H groups in total. The Kier molecular flexibility index (Phi) is 7.23. The number of benzene rings is 3. The maximum Gasteiger partial charge on any atom is 0.406 e. The first-order valence-electron chi connectivity index (χ1n) is 11.5. The molecule has 0 saturated carbocycles. The largest absolute Gasteiger partial charge is 0.406 e. The Labute approximate surface area is 205 Å². The van der Waals surface area contributed by atoms with Crippen molar-refractivity contribution in [2.45, 2.75) is 25.6 Å². The zero-order valence-electron chi connectivity index (χ0n) is 19.3. The lowest BCUT2D eigenvalue weighted by molar-refractivity contribution is -0.385. The van der Waals surface area contributed by atoms with E-state index in [1.54, 1.807) is 12.1 Å². The highest BCUT2D eigenvalue weighted by Crippen LogP contribution is 2.28. The molecule has 7 nitrogen and oxygen atoms in total. The predicted molar refractivity (Wildman–Crippen MR) is 127 cm³/mol. The number of likely N-dealkylation sites (tertiary alicyclic amines) is 1. The maximum atomic E-state index is 13.4. The Morgan fingerprint density at radius 2 is 1.72 bits per heavy atom. The number of fused-ring (bicyclic) bond motifs is 1. The summed E-state index contributed by atoms with van der Waals surface area (Å²) in [6.07, 6.45) is -3.91. The molecule has 0 aliphatic carbocycles. The Balaban J connectivity index is 1.56. The topological polar surface area (TPSA) is 83.8 Å². The van der Waals surface area contributed by atoms with E-state index in [1.165, 1.54) is 29.2 Å². The molecule has 0 spiro atoms. The third-order valence-corrected chi connectivity index (χ3v) is 6.31. The van der Waals surface area contributed by atoms with E-state index in [0.29, 0.717) is 29.8 Å². The van der Waals surface area contributed by atoms with Gasteiger partial charge >= 0.3 is 6.18 Å². The van der Waals surface area contributed by atoms with Crippen LogP contribution in [0.25, 0.3) is 10.8 Å². The third-order valence-electron chi connectivity index (χ3n) is 6.31. The highest BCUT2D eigenvalue weighted by atomic mass is 19.4. The predicted octanol–water partition coefficient (Wildman–Crippen LogP) is 5.19. The first kappa shape index (κ1) is 25.2. The van der Waals surface area contributed by atoms with E-state index in [4.69, 9.17) is 0 Å². The van der Waals surface area contributed by atoms with Crippen LogP contribution in [0.1, 0.15) is 28.8 Å². The van der Waals surface area contributed by atoms with Crippen LogP contribution in [-0.4, -0.2) is 52.3 Å². The van der Waals surface area contributed by atoms with Gasteiger partial charge in [-0.05, 0) is 29.7 Å². The van der Waals surface area contributed by atoms with Gasteiger partial charge in [0.2, 0.25) is 5.91 Å². The molecule has 0 bridgehead atoms. The Morgan fingerprint density at radius 3 is 2.47 bits per heavy atom. The van der Waals surface area contributed by atoms with E-state index in [-0.39, 0.29) is 23.7 Å². The number of nitrogens with zero attached hydrogens (tertiary/aromatic N) is 3. The molecule has 3 aromatic rings. The van der Waals surface area contributed by atoms with Gasteiger partial charge in [-0.15, -0.1) is 0 Å². The normalized spacial score (nSPS) is 16.1. The number of para-hydroxylation sites is 1. The summed E-state index contributed by atoms with van der Waals surface area (Å²) in [5.74, 6) is -1.91. The third kappa shape index (κ3) is 5.64. The Hall–Kier alpha value is -3.95. The van der Waals surface area contributed by atoms with Crippen molar-refractivity contribution < 1.29 is 27.7 Å². The van der Waals surface area contributed by atoms with Crippen LogP contribution in [0.5, 0.6) is 0 Å². The Bertz CT molecular complexity index is 1290. The van der Waals surface area contributed by atoms with E-state index in [9.17, 15) is 32.9 Å². The second-order valence-corrected chi connectivity index (χ2v) is 8.81. The van der Waals surface area contributed by atoms with Crippen molar-refractivity contribution in [3.05, 3.63) is 88.0 Å². The van der Waals surface area contributed by atoms with Gasteiger partial charge in [0.1, 0.15) is 6.54 Å². The number of rotatable bonds is 6. The summed E-state index contributed by atoms with van der Waals surface area (Å²) in [4.78, 5) is 39.4. The number of nitro groups is 1. The van der Waals surface area contributed by atoms with Gasteiger partial charge < -0.3 is 9.80 Å². The van der Waals surface area contributed by atoms with Crippen molar-refractivity contribution in [1.82, 2.24) is 9.80 Å². The molecule has 4 rings (SSSR count). The zero-order chi connectivity index (χ0) is 25.9. The van der Waals surface area contributed by atoms with Gasteiger partial charge in [-0.2, -0.15) is 13.2 Å². The minimum atomic E-state index is -4.69. The van der Waals surface area contributed by atoms with Crippen LogP contribution in [0.4, 0.5) is 18.9 Å². The van der Waals surface area contributed by atoms with Gasteiger partial charge in [0.25, 0.3) is 11.6 Å². The van der Waals surface area contributed by atoms with E-state index < -0.39 is 36.0 Å². The Morgan fingerprint density at radius 1 is 1.03 bits per heavy atom. The highest BCUT2D eigenvalue weighted by molar-refractivity contribution is 6.07. The molecule has 0 aromatic heterocycles. The number of amides is 2. The lowest BCUT2D eigenvalue weighted by atomic mass is 9.94. The zero-order valence-corrected chi connectivity index (χ0v) is 19.3. The molecule has 2 amide bonds. The van der Waals surface area contributed by atoms with Crippen LogP contribution in [0.3, 0.4) is 0 Å². The molecule has 1 aliphatic rings. The summed E-state index contributed by atoms with van der Waals surface area (Å²) in [5, 5.41) is 13.0. The fourth-order valence-electron chi connectivity index (χ4n) is 4.66. The minimum absolute atomic E-state index is 0.0135. The molecule has 1 unspecified atom stereocenters. The molecule has 0 radical (unpaired) electrons. The molecule has 3 aromatic carbocycles. The quantitative estimate of drug-likeness (QED) is 0.345. The van der Waals surface area contributed by atoms with Crippen LogP contribution in [-0.2, 0) is 11.3 Å². The van der Waals surface area contributed by atoms with Crippen molar-refractivity contribution in [3.63, 3.8) is 0 Å². The fraction of sp³-hybridized carbons (Fsp3) is 0.308. The molecule has 188 valence electrons. The number of hydrogen-bond donors (Lipinski definition) is 0. The summed E-state index contributed by atoms with van der Waals surface area (Å²) < 4.78 is 40.1. The van der Waals surface area contributed by atoms with Gasteiger partial charge in [-0.3, -0.25) is 19.7 Å². The molecular weight excluding hydrogens is 475 g/mol. The van der Waals surface area contributed by atoms with Crippen LogP contribution < -0.4 is 0 Å². The van der Waals surface area contributed by atoms with Gasteiger partial charge in [0.05, 0.1) is 17.4 Å². The summed E-state index contributed by atoms with van der Waals surface area (Å²) in [6.45, 7) is -1.73. The monoisotopic (exact) mass is 499 g/mol. The van der Waals surface area contributed by atoms with Gasteiger partial charge in [-0.1, -0.05) is 54.6 Å². The summed E-state index contributed by atoms with van der Waals surface area (Å²) in [5.41, 5.74) is 0.127. The van der Waals surface area contributed by atoms with E-state index in [0.717, 1.165) is 10.8 Å². The first-order valence-corrected chi connectivity index (χ1v) is 11.5. The van der Waals surface area contributed by atoms with Crippen molar-refractivity contribution >= 4 is 28.3 Å².